The number of nitrogens with two attached hydrogens (primary N) is 1. The summed E-state index contributed by atoms with van der Waals surface area (Å²) < 4.78 is 5.23. The van der Waals surface area contributed by atoms with Gasteiger partial charge in [-0.2, -0.15) is 0 Å². The van der Waals surface area contributed by atoms with Crippen molar-refractivity contribution in [3.05, 3.63) is 23.8 Å². The predicted octanol–water partition coefficient (Wildman–Crippen LogP) is 1.68. The first kappa shape index (κ1) is 12.4. The van der Waals surface area contributed by atoms with E-state index >= 15 is 0 Å². The molecule has 1 aromatic rings. The molecular formula is C12H18N2O2. The van der Waals surface area contributed by atoms with E-state index in [9.17, 15) is 4.79 Å². The van der Waals surface area contributed by atoms with Crippen molar-refractivity contribution in [2.24, 2.45) is 5.73 Å². The van der Waals surface area contributed by atoms with Crippen LogP contribution in [0.15, 0.2) is 18.2 Å². The van der Waals surface area contributed by atoms with E-state index in [-0.39, 0.29) is 11.9 Å². The molecule has 1 amide bonds. The number of amides is 1. The van der Waals surface area contributed by atoms with Gasteiger partial charge in [0.2, 0.25) is 5.91 Å². The fraction of sp³-hybridized carbons (Fsp3) is 0.417. The van der Waals surface area contributed by atoms with E-state index in [4.69, 9.17) is 10.5 Å². The van der Waals surface area contributed by atoms with Crippen LogP contribution in [0.3, 0.4) is 0 Å². The molecule has 0 aliphatic heterocycles. The van der Waals surface area contributed by atoms with E-state index in [1.54, 1.807) is 7.11 Å². The third-order valence-corrected chi connectivity index (χ3v) is 2.26. The third kappa shape index (κ3) is 3.46. The fourth-order valence-electron chi connectivity index (χ4n) is 1.55. The number of primary amides is 1. The highest BCUT2D eigenvalue weighted by Crippen LogP contribution is 2.26. The van der Waals surface area contributed by atoms with Crippen LogP contribution in [0.25, 0.3) is 0 Å². The summed E-state index contributed by atoms with van der Waals surface area (Å²) in [7, 11) is 1.62. The standard InChI is InChI=1S/C12H18N2O2/c1-8-4-5-11(16-3)10(6-8)14-9(2)7-12(13)15/h4-6,9,14H,7H2,1-3H3,(H2,13,15). The van der Waals surface area contributed by atoms with Crippen molar-refractivity contribution in [2.45, 2.75) is 26.3 Å². The molecule has 4 nitrogen and oxygen atoms in total. The number of methoxy groups -OCH3 is 1. The molecule has 16 heavy (non-hydrogen) atoms. The molecule has 0 aliphatic carbocycles. The molecular weight excluding hydrogens is 204 g/mol. The highest BCUT2D eigenvalue weighted by Gasteiger charge is 2.09. The van der Waals surface area contributed by atoms with Crippen molar-refractivity contribution >= 4 is 11.6 Å². The topological polar surface area (TPSA) is 64.3 Å². The number of rotatable bonds is 5. The Hall–Kier alpha value is -1.71. The highest BCUT2D eigenvalue weighted by molar-refractivity contribution is 5.75. The van der Waals surface area contributed by atoms with Crippen molar-refractivity contribution < 1.29 is 9.53 Å². The van der Waals surface area contributed by atoms with Gasteiger partial charge in [0, 0.05) is 12.5 Å². The maximum absolute atomic E-state index is 10.8. The molecule has 0 fully saturated rings. The van der Waals surface area contributed by atoms with Gasteiger partial charge in [-0.3, -0.25) is 4.79 Å². The summed E-state index contributed by atoms with van der Waals surface area (Å²) in [6.07, 6.45) is 0.303. The maximum Gasteiger partial charge on any atom is 0.219 e. The molecule has 0 saturated heterocycles. The van der Waals surface area contributed by atoms with Crippen LogP contribution >= 0.6 is 0 Å². The largest absolute Gasteiger partial charge is 0.495 e. The molecule has 1 rings (SSSR count). The zero-order valence-electron chi connectivity index (χ0n) is 9.91. The van der Waals surface area contributed by atoms with Gasteiger partial charge in [0.25, 0.3) is 0 Å². The van der Waals surface area contributed by atoms with Crippen LogP contribution < -0.4 is 15.8 Å². The van der Waals surface area contributed by atoms with Crippen LogP contribution in [-0.2, 0) is 4.79 Å². The lowest BCUT2D eigenvalue weighted by Crippen LogP contribution is -2.24. The molecule has 4 heteroatoms. The van der Waals surface area contributed by atoms with Gasteiger partial charge in [-0.05, 0) is 31.5 Å². The minimum atomic E-state index is -0.313. The first-order chi connectivity index (χ1) is 7.52. The molecule has 0 aliphatic rings. The lowest BCUT2D eigenvalue weighted by atomic mass is 10.1. The zero-order chi connectivity index (χ0) is 12.1. The van der Waals surface area contributed by atoms with Crippen molar-refractivity contribution in [1.82, 2.24) is 0 Å². The summed E-state index contributed by atoms with van der Waals surface area (Å²) in [5.74, 6) is 0.452. The minimum absolute atomic E-state index is 0.00630. The summed E-state index contributed by atoms with van der Waals surface area (Å²) in [4.78, 5) is 10.8. The Kier molecular flexibility index (Phi) is 4.17. The van der Waals surface area contributed by atoms with Gasteiger partial charge in [-0.25, -0.2) is 0 Å². The minimum Gasteiger partial charge on any atom is -0.495 e. The molecule has 3 N–H and O–H groups in total. The smallest absolute Gasteiger partial charge is 0.219 e. The number of benzene rings is 1. The lowest BCUT2D eigenvalue weighted by Gasteiger charge is -2.16. The Morgan fingerprint density at radius 2 is 2.25 bits per heavy atom. The first-order valence-electron chi connectivity index (χ1n) is 5.22. The SMILES string of the molecule is COc1ccc(C)cc1NC(C)CC(N)=O. The van der Waals surface area contributed by atoms with Crippen LogP contribution in [0.5, 0.6) is 5.75 Å². The second-order valence-corrected chi connectivity index (χ2v) is 3.92. The van der Waals surface area contributed by atoms with Crippen molar-refractivity contribution in [3.63, 3.8) is 0 Å². The number of hydrogen-bond acceptors (Lipinski definition) is 3. The lowest BCUT2D eigenvalue weighted by molar-refractivity contribution is -0.118. The van der Waals surface area contributed by atoms with E-state index in [2.05, 4.69) is 5.32 Å². The van der Waals surface area contributed by atoms with Crippen molar-refractivity contribution in [1.29, 1.82) is 0 Å². The second kappa shape index (κ2) is 5.39. The summed E-state index contributed by atoms with van der Waals surface area (Å²) in [6, 6.07) is 5.85. The number of anilines is 1. The quantitative estimate of drug-likeness (QED) is 0.796. The van der Waals surface area contributed by atoms with Crippen LogP contribution in [0.2, 0.25) is 0 Å². The van der Waals surface area contributed by atoms with E-state index < -0.39 is 0 Å². The average molecular weight is 222 g/mol. The molecule has 1 unspecified atom stereocenters. The van der Waals surface area contributed by atoms with Crippen LogP contribution in [0.4, 0.5) is 5.69 Å². The number of ether oxygens (including phenoxy) is 1. The van der Waals surface area contributed by atoms with Gasteiger partial charge in [0.15, 0.2) is 0 Å². The maximum atomic E-state index is 10.8. The van der Waals surface area contributed by atoms with Gasteiger partial charge < -0.3 is 15.8 Å². The van der Waals surface area contributed by atoms with E-state index in [0.717, 1.165) is 17.0 Å². The van der Waals surface area contributed by atoms with Crippen LogP contribution in [-0.4, -0.2) is 19.1 Å². The molecule has 0 spiro atoms. The Bertz CT molecular complexity index is 377. The molecule has 1 atom stereocenters. The van der Waals surface area contributed by atoms with E-state index in [1.807, 2.05) is 32.0 Å². The molecule has 1 aromatic carbocycles. The molecule has 0 radical (unpaired) electrons. The van der Waals surface area contributed by atoms with Crippen LogP contribution in [0.1, 0.15) is 18.9 Å². The summed E-state index contributed by atoms with van der Waals surface area (Å²) in [6.45, 7) is 3.91. The van der Waals surface area contributed by atoms with Gasteiger partial charge >= 0.3 is 0 Å². The summed E-state index contributed by atoms with van der Waals surface area (Å²) in [5.41, 5.74) is 7.16. The van der Waals surface area contributed by atoms with Gasteiger partial charge in [0.05, 0.1) is 12.8 Å². The Morgan fingerprint density at radius 1 is 1.56 bits per heavy atom. The molecule has 0 bridgehead atoms. The second-order valence-electron chi connectivity index (χ2n) is 3.92. The first-order valence-corrected chi connectivity index (χ1v) is 5.22. The predicted molar refractivity (Wildman–Crippen MR) is 64.6 cm³/mol. The van der Waals surface area contributed by atoms with Crippen molar-refractivity contribution in [3.8, 4) is 5.75 Å². The summed E-state index contributed by atoms with van der Waals surface area (Å²) >= 11 is 0. The zero-order valence-corrected chi connectivity index (χ0v) is 9.91. The Balaban J connectivity index is 2.78. The Morgan fingerprint density at radius 3 is 2.81 bits per heavy atom. The fourth-order valence-corrected chi connectivity index (χ4v) is 1.55. The van der Waals surface area contributed by atoms with Gasteiger partial charge in [-0.15, -0.1) is 0 Å². The van der Waals surface area contributed by atoms with Gasteiger partial charge in [0.1, 0.15) is 5.75 Å². The summed E-state index contributed by atoms with van der Waals surface area (Å²) in [5, 5.41) is 3.21. The van der Waals surface area contributed by atoms with E-state index in [1.165, 1.54) is 0 Å². The average Bonchev–Trinajstić information content (AvgIpc) is 2.16. The number of nitrogens with one attached hydrogen (secondary N) is 1. The number of hydrogen-bond donors (Lipinski definition) is 2. The van der Waals surface area contributed by atoms with Gasteiger partial charge in [-0.1, -0.05) is 6.07 Å². The normalized spacial score (nSPS) is 11.9. The molecule has 0 heterocycles. The number of aryl methyl sites for hydroxylation is 1. The number of carbonyl (C=O) groups excluding carboxylic acids is 1. The van der Waals surface area contributed by atoms with Crippen molar-refractivity contribution in [2.75, 3.05) is 12.4 Å². The highest BCUT2D eigenvalue weighted by atomic mass is 16.5. The molecule has 88 valence electrons. The third-order valence-electron chi connectivity index (χ3n) is 2.26. The Labute approximate surface area is 95.8 Å². The molecule has 0 saturated carbocycles. The van der Waals surface area contributed by atoms with E-state index in [0.29, 0.717) is 6.42 Å². The van der Waals surface area contributed by atoms with Crippen LogP contribution in [0, 0.1) is 6.92 Å². The monoisotopic (exact) mass is 222 g/mol. The number of carbonyl (C=O) groups is 1. The molecule has 0 aromatic heterocycles.